The zero-order chi connectivity index (χ0) is 8.81. The summed E-state index contributed by atoms with van der Waals surface area (Å²) in [6.07, 6.45) is 5.42. The van der Waals surface area contributed by atoms with Crippen molar-refractivity contribution in [1.82, 2.24) is 0 Å². The maximum absolute atomic E-state index is 8.45. The number of hydrogen-bond acceptors (Lipinski definition) is 4. The molecular weight excluding hydrogens is 157 g/mol. The van der Waals surface area contributed by atoms with E-state index >= 15 is 0 Å². The SMILES string of the molecule is NCOC1CC=CC[C@H]1O[B]O. The third-order valence-corrected chi connectivity index (χ3v) is 1.86. The van der Waals surface area contributed by atoms with E-state index in [1.165, 1.54) is 0 Å². The second-order valence-electron chi connectivity index (χ2n) is 2.59. The second-order valence-corrected chi connectivity index (χ2v) is 2.59. The molecule has 0 aromatic carbocycles. The summed E-state index contributed by atoms with van der Waals surface area (Å²) in [4.78, 5) is 0. The van der Waals surface area contributed by atoms with Gasteiger partial charge in [-0.15, -0.1) is 0 Å². The molecule has 2 atom stereocenters. The van der Waals surface area contributed by atoms with Gasteiger partial charge in [0.1, 0.15) is 0 Å². The van der Waals surface area contributed by atoms with Crippen LogP contribution in [0, 0.1) is 0 Å². The monoisotopic (exact) mass is 170 g/mol. The summed E-state index contributed by atoms with van der Waals surface area (Å²) in [7, 11) is 0.705. The Kier molecular flexibility index (Phi) is 4.31. The first-order chi connectivity index (χ1) is 5.88. The van der Waals surface area contributed by atoms with Crippen LogP contribution in [0.2, 0.25) is 0 Å². The standard InChI is InChI=1S/C7H13BNO3/c9-5-11-6-3-1-2-4-7(6)12-8-10/h1-2,6-7,10H,3-5,9H2/t6?,7-/m1/s1. The largest absolute Gasteiger partial charge is 0.485 e. The Labute approximate surface area is 72.7 Å². The highest BCUT2D eigenvalue weighted by Gasteiger charge is 2.23. The van der Waals surface area contributed by atoms with Gasteiger partial charge in [0.25, 0.3) is 0 Å². The second kappa shape index (κ2) is 5.32. The molecule has 0 bridgehead atoms. The van der Waals surface area contributed by atoms with Gasteiger partial charge in [0.15, 0.2) is 0 Å². The third kappa shape index (κ3) is 2.60. The van der Waals surface area contributed by atoms with Gasteiger partial charge in [-0.05, 0) is 12.8 Å². The predicted octanol–water partition coefficient (Wildman–Crippen LogP) is -0.451. The van der Waals surface area contributed by atoms with Crippen LogP contribution in [0.3, 0.4) is 0 Å². The van der Waals surface area contributed by atoms with Crippen molar-refractivity contribution in [2.75, 3.05) is 6.73 Å². The summed E-state index contributed by atoms with van der Waals surface area (Å²) < 4.78 is 10.2. The van der Waals surface area contributed by atoms with Crippen LogP contribution in [0.25, 0.3) is 0 Å². The molecule has 0 amide bonds. The van der Waals surface area contributed by atoms with E-state index in [-0.39, 0.29) is 18.9 Å². The normalized spacial score (nSPS) is 28.8. The maximum Gasteiger partial charge on any atom is 0.485 e. The lowest BCUT2D eigenvalue weighted by Crippen LogP contribution is -2.35. The topological polar surface area (TPSA) is 64.7 Å². The average molecular weight is 170 g/mol. The van der Waals surface area contributed by atoms with Crippen LogP contribution in [-0.4, -0.2) is 31.6 Å². The summed E-state index contributed by atoms with van der Waals surface area (Å²) in [5.41, 5.74) is 5.24. The number of nitrogens with two attached hydrogens (primary N) is 1. The molecule has 1 aliphatic rings. The van der Waals surface area contributed by atoms with Crippen molar-refractivity contribution in [3.8, 4) is 0 Å². The Morgan fingerprint density at radius 2 is 2.08 bits per heavy atom. The maximum atomic E-state index is 8.45. The summed E-state index contributed by atoms with van der Waals surface area (Å²) in [6.45, 7) is 0.184. The van der Waals surface area contributed by atoms with Gasteiger partial charge in [-0.25, -0.2) is 0 Å². The first kappa shape index (κ1) is 9.73. The van der Waals surface area contributed by atoms with Crippen molar-refractivity contribution in [2.45, 2.75) is 25.0 Å². The van der Waals surface area contributed by atoms with Gasteiger partial charge >= 0.3 is 7.69 Å². The smallest absolute Gasteiger partial charge is 0.429 e. The quantitative estimate of drug-likeness (QED) is 0.340. The van der Waals surface area contributed by atoms with Crippen molar-refractivity contribution >= 4 is 7.69 Å². The first-order valence-electron chi connectivity index (χ1n) is 3.96. The van der Waals surface area contributed by atoms with Gasteiger partial charge in [-0.1, -0.05) is 12.2 Å². The van der Waals surface area contributed by atoms with Crippen molar-refractivity contribution in [3.05, 3.63) is 12.2 Å². The number of rotatable bonds is 4. The van der Waals surface area contributed by atoms with Gasteiger partial charge in [0, 0.05) is 0 Å². The Morgan fingerprint density at radius 3 is 2.67 bits per heavy atom. The molecule has 1 radical (unpaired) electrons. The van der Waals surface area contributed by atoms with Crippen molar-refractivity contribution in [2.24, 2.45) is 5.73 Å². The van der Waals surface area contributed by atoms with Gasteiger partial charge in [0.05, 0.1) is 18.9 Å². The van der Waals surface area contributed by atoms with Crippen LogP contribution in [-0.2, 0) is 9.39 Å². The molecule has 3 N–H and O–H groups in total. The Balaban J connectivity index is 2.39. The lowest BCUT2D eigenvalue weighted by molar-refractivity contribution is -0.0274. The molecule has 4 nitrogen and oxygen atoms in total. The third-order valence-electron chi connectivity index (χ3n) is 1.86. The molecule has 0 saturated heterocycles. The molecule has 67 valence electrons. The van der Waals surface area contributed by atoms with Crippen molar-refractivity contribution in [3.63, 3.8) is 0 Å². The zero-order valence-electron chi connectivity index (χ0n) is 6.85. The van der Waals surface area contributed by atoms with Crippen LogP contribution < -0.4 is 5.73 Å². The first-order valence-corrected chi connectivity index (χ1v) is 3.96. The fourth-order valence-corrected chi connectivity index (χ4v) is 1.28. The van der Waals surface area contributed by atoms with Gasteiger partial charge in [-0.2, -0.15) is 0 Å². The molecule has 0 aromatic heterocycles. The van der Waals surface area contributed by atoms with Crippen LogP contribution >= 0.6 is 0 Å². The van der Waals surface area contributed by atoms with E-state index in [0.717, 1.165) is 12.8 Å². The summed E-state index contributed by atoms with van der Waals surface area (Å²) >= 11 is 0. The van der Waals surface area contributed by atoms with Crippen molar-refractivity contribution in [1.29, 1.82) is 0 Å². The molecule has 0 fully saturated rings. The minimum atomic E-state index is -0.108. The zero-order valence-corrected chi connectivity index (χ0v) is 6.85. The van der Waals surface area contributed by atoms with E-state index in [1.807, 2.05) is 12.2 Å². The van der Waals surface area contributed by atoms with E-state index < -0.39 is 0 Å². The van der Waals surface area contributed by atoms with Crippen LogP contribution in [0.15, 0.2) is 12.2 Å². The minimum Gasteiger partial charge on any atom is -0.429 e. The fourth-order valence-electron chi connectivity index (χ4n) is 1.28. The van der Waals surface area contributed by atoms with E-state index in [9.17, 15) is 0 Å². The Hall–Kier alpha value is -0.355. The van der Waals surface area contributed by atoms with Crippen LogP contribution in [0.4, 0.5) is 0 Å². The molecule has 12 heavy (non-hydrogen) atoms. The molecule has 5 heteroatoms. The molecule has 0 aliphatic heterocycles. The van der Waals surface area contributed by atoms with E-state index in [0.29, 0.717) is 7.69 Å². The summed E-state index contributed by atoms with van der Waals surface area (Å²) in [5, 5.41) is 8.45. The fraction of sp³-hybridized carbons (Fsp3) is 0.714. The summed E-state index contributed by atoms with van der Waals surface area (Å²) in [6, 6.07) is 0. The highest BCUT2D eigenvalue weighted by molar-refractivity contribution is 6.15. The molecule has 0 heterocycles. The highest BCUT2D eigenvalue weighted by Crippen LogP contribution is 2.17. The minimum absolute atomic E-state index is 0.0385. The van der Waals surface area contributed by atoms with E-state index in [4.69, 9.17) is 20.1 Å². The molecule has 1 aliphatic carbocycles. The molecule has 1 rings (SSSR count). The van der Waals surface area contributed by atoms with Gasteiger partial charge < -0.3 is 20.1 Å². The molecule has 0 spiro atoms. The summed E-state index contributed by atoms with van der Waals surface area (Å²) in [5.74, 6) is 0. The lowest BCUT2D eigenvalue weighted by Gasteiger charge is -2.27. The molecule has 1 unspecified atom stereocenters. The van der Waals surface area contributed by atoms with E-state index in [2.05, 4.69) is 0 Å². The molecule has 0 saturated carbocycles. The number of ether oxygens (including phenoxy) is 1. The van der Waals surface area contributed by atoms with Gasteiger partial charge in [0.2, 0.25) is 0 Å². The molecular formula is C7H13BNO3. The Bertz CT molecular complexity index is 138. The predicted molar refractivity (Wildman–Crippen MR) is 45.1 cm³/mol. The number of hydrogen-bond donors (Lipinski definition) is 2. The lowest BCUT2D eigenvalue weighted by atomic mass is 10.0. The molecule has 0 aromatic rings. The van der Waals surface area contributed by atoms with Crippen LogP contribution in [0.1, 0.15) is 12.8 Å². The average Bonchev–Trinajstić information content (AvgIpc) is 2.09. The van der Waals surface area contributed by atoms with Crippen molar-refractivity contribution < 1.29 is 14.4 Å². The highest BCUT2D eigenvalue weighted by atomic mass is 16.6. The van der Waals surface area contributed by atoms with Crippen LogP contribution in [0.5, 0.6) is 0 Å². The Morgan fingerprint density at radius 1 is 1.42 bits per heavy atom. The van der Waals surface area contributed by atoms with E-state index in [1.54, 1.807) is 0 Å². The van der Waals surface area contributed by atoms with Gasteiger partial charge in [-0.3, -0.25) is 0 Å².